The van der Waals surface area contributed by atoms with E-state index >= 15 is 0 Å². The number of aryl methyl sites for hydroxylation is 1. The van der Waals surface area contributed by atoms with Crippen molar-refractivity contribution in [2.45, 2.75) is 45.2 Å². The van der Waals surface area contributed by atoms with E-state index in [1.165, 1.54) is 6.07 Å². The van der Waals surface area contributed by atoms with Gasteiger partial charge in [0.2, 0.25) is 5.71 Å². The molecule has 32 heavy (non-hydrogen) atoms. The second-order valence-corrected chi connectivity index (χ2v) is 7.75. The monoisotopic (exact) mass is 457 g/mol. The van der Waals surface area contributed by atoms with E-state index in [0.29, 0.717) is 38.2 Å². The lowest BCUT2D eigenvalue weighted by Crippen LogP contribution is -2.47. The number of nitrogens with zero attached hydrogens (tertiary/aromatic N) is 4. The average molecular weight is 457 g/mol. The molecule has 3 rings (SSSR count). The Bertz CT molecular complexity index is 1070. The molecule has 3 heterocycles. The summed E-state index contributed by atoms with van der Waals surface area (Å²) < 4.78 is 43.4. The molecule has 1 fully saturated rings. The Labute approximate surface area is 181 Å². The number of fused-ring (bicyclic) bond motifs is 1. The van der Waals surface area contributed by atoms with Gasteiger partial charge in [-0.05, 0) is 25.5 Å². The van der Waals surface area contributed by atoms with Crippen LogP contribution in [-0.4, -0.2) is 65.0 Å². The highest BCUT2D eigenvalue weighted by Crippen LogP contribution is 2.23. The number of unbranched alkanes of at least 4 members (excludes halogenated alkanes) is 1. The Kier molecular flexibility index (Phi) is 7.54. The third kappa shape index (κ3) is 6.31. The van der Waals surface area contributed by atoms with Crippen LogP contribution in [0.2, 0.25) is 0 Å². The number of halogens is 3. The second-order valence-electron chi connectivity index (χ2n) is 7.75. The van der Waals surface area contributed by atoms with Gasteiger partial charge in [0.25, 0.3) is 5.56 Å². The maximum Gasteiger partial charge on any atom is 0.389 e. The second kappa shape index (κ2) is 10.2. The molecular formula is C20H26F3N5O4. The van der Waals surface area contributed by atoms with Gasteiger partial charge in [-0.15, -0.1) is 0 Å². The number of hydrogen-bond donors (Lipinski definition) is 1. The lowest BCUT2D eigenvalue weighted by atomic mass is 10.1. The van der Waals surface area contributed by atoms with Crippen LogP contribution in [0.3, 0.4) is 0 Å². The van der Waals surface area contributed by atoms with Gasteiger partial charge < -0.3 is 19.1 Å². The fourth-order valence-corrected chi connectivity index (χ4v) is 3.41. The first-order chi connectivity index (χ1) is 15.2. The molecule has 2 aromatic rings. The van der Waals surface area contributed by atoms with E-state index in [9.17, 15) is 22.8 Å². The Morgan fingerprint density at radius 3 is 2.66 bits per heavy atom. The molecule has 1 saturated heterocycles. The number of hydrogen-bond acceptors (Lipinski definition) is 7. The van der Waals surface area contributed by atoms with E-state index in [2.05, 4.69) is 20.0 Å². The highest BCUT2D eigenvalue weighted by atomic mass is 19.4. The SMILES string of the molecule is CCCCc1cc(=O)oc2nc(O/N=C(/CCC(F)(F)F)N3CCN(C)CC3)[nH]c(=O)c12. The molecule has 0 bridgehead atoms. The van der Waals surface area contributed by atoms with Crippen molar-refractivity contribution in [2.75, 3.05) is 33.2 Å². The fraction of sp³-hybridized carbons (Fsp3) is 0.600. The predicted octanol–water partition coefficient (Wildman–Crippen LogP) is 2.50. The summed E-state index contributed by atoms with van der Waals surface area (Å²) in [6.45, 7) is 4.31. The maximum absolute atomic E-state index is 12.8. The Morgan fingerprint density at radius 1 is 1.28 bits per heavy atom. The van der Waals surface area contributed by atoms with Crippen molar-refractivity contribution in [3.8, 4) is 6.01 Å². The molecular weight excluding hydrogens is 431 g/mol. The summed E-state index contributed by atoms with van der Waals surface area (Å²) in [7, 11) is 1.92. The summed E-state index contributed by atoms with van der Waals surface area (Å²) in [5.41, 5.74) is -0.912. The van der Waals surface area contributed by atoms with E-state index in [-0.39, 0.29) is 29.4 Å². The van der Waals surface area contributed by atoms with Crippen molar-refractivity contribution in [1.82, 2.24) is 19.8 Å². The molecule has 12 heteroatoms. The highest BCUT2D eigenvalue weighted by molar-refractivity contribution is 5.82. The lowest BCUT2D eigenvalue weighted by Gasteiger charge is -2.34. The number of alkyl halides is 3. The Balaban J connectivity index is 1.89. The molecule has 1 aliphatic rings. The number of amidine groups is 1. The van der Waals surface area contributed by atoms with Crippen molar-refractivity contribution in [1.29, 1.82) is 0 Å². The molecule has 0 aromatic carbocycles. The van der Waals surface area contributed by atoms with Crippen LogP contribution >= 0.6 is 0 Å². The minimum absolute atomic E-state index is 0.108. The molecule has 0 spiro atoms. The number of aromatic nitrogens is 2. The minimum Gasteiger partial charge on any atom is -0.403 e. The van der Waals surface area contributed by atoms with E-state index < -0.39 is 23.8 Å². The summed E-state index contributed by atoms with van der Waals surface area (Å²) in [6.07, 6.45) is -3.63. The molecule has 0 unspecified atom stereocenters. The third-order valence-corrected chi connectivity index (χ3v) is 5.21. The fourth-order valence-electron chi connectivity index (χ4n) is 3.41. The smallest absolute Gasteiger partial charge is 0.389 e. The van der Waals surface area contributed by atoms with Gasteiger partial charge in [0.1, 0.15) is 11.2 Å². The normalized spacial score (nSPS) is 16.0. The molecule has 0 radical (unpaired) electrons. The summed E-state index contributed by atoms with van der Waals surface area (Å²) in [6, 6.07) is 0.896. The quantitative estimate of drug-likeness (QED) is 0.387. The summed E-state index contributed by atoms with van der Waals surface area (Å²) in [4.78, 5) is 39.8. The molecule has 0 saturated carbocycles. The van der Waals surface area contributed by atoms with E-state index in [0.717, 1.165) is 12.8 Å². The van der Waals surface area contributed by atoms with Crippen LogP contribution in [0.1, 0.15) is 38.2 Å². The predicted molar refractivity (Wildman–Crippen MR) is 112 cm³/mol. The van der Waals surface area contributed by atoms with Crippen molar-refractivity contribution < 1.29 is 22.4 Å². The van der Waals surface area contributed by atoms with Gasteiger partial charge in [0.05, 0.1) is 6.42 Å². The number of aromatic amines is 1. The summed E-state index contributed by atoms with van der Waals surface area (Å²) >= 11 is 0. The average Bonchev–Trinajstić information content (AvgIpc) is 2.71. The first-order valence-corrected chi connectivity index (χ1v) is 10.5. The number of piperazine rings is 1. The lowest BCUT2D eigenvalue weighted by molar-refractivity contribution is -0.133. The van der Waals surface area contributed by atoms with Crippen LogP contribution in [-0.2, 0) is 6.42 Å². The van der Waals surface area contributed by atoms with Crippen LogP contribution in [0.4, 0.5) is 13.2 Å². The number of H-pyrrole nitrogens is 1. The molecule has 0 atom stereocenters. The van der Waals surface area contributed by atoms with E-state index in [1.54, 1.807) is 4.90 Å². The van der Waals surface area contributed by atoms with Crippen LogP contribution in [0.5, 0.6) is 6.01 Å². The van der Waals surface area contributed by atoms with Crippen LogP contribution in [0.25, 0.3) is 11.1 Å². The van der Waals surface area contributed by atoms with Crippen LogP contribution in [0.15, 0.2) is 25.2 Å². The molecule has 0 amide bonds. The largest absolute Gasteiger partial charge is 0.403 e. The molecule has 1 N–H and O–H groups in total. The van der Waals surface area contributed by atoms with Crippen molar-refractivity contribution in [2.24, 2.45) is 5.16 Å². The highest BCUT2D eigenvalue weighted by Gasteiger charge is 2.29. The van der Waals surface area contributed by atoms with Crippen molar-refractivity contribution in [3.05, 3.63) is 32.4 Å². The molecule has 9 nitrogen and oxygen atoms in total. The zero-order valence-electron chi connectivity index (χ0n) is 18.0. The van der Waals surface area contributed by atoms with Gasteiger partial charge in [0, 0.05) is 38.7 Å². The van der Waals surface area contributed by atoms with Gasteiger partial charge in [-0.2, -0.15) is 18.2 Å². The third-order valence-electron chi connectivity index (χ3n) is 5.21. The number of nitrogens with one attached hydrogen (secondary N) is 1. The zero-order chi connectivity index (χ0) is 23.3. The zero-order valence-corrected chi connectivity index (χ0v) is 18.0. The topological polar surface area (TPSA) is 104 Å². The molecule has 176 valence electrons. The Hall–Kier alpha value is -2.89. The molecule has 1 aliphatic heterocycles. The van der Waals surface area contributed by atoms with Crippen molar-refractivity contribution in [3.63, 3.8) is 0 Å². The van der Waals surface area contributed by atoms with Crippen LogP contribution in [0, 0.1) is 0 Å². The van der Waals surface area contributed by atoms with Gasteiger partial charge in [-0.3, -0.25) is 9.78 Å². The Morgan fingerprint density at radius 2 is 2.00 bits per heavy atom. The van der Waals surface area contributed by atoms with Crippen LogP contribution < -0.4 is 16.0 Å². The standard InChI is InChI=1S/C20H26F3N5O4/c1-3-4-5-13-12-15(29)31-18-16(13)17(30)24-19(25-18)32-26-14(6-7-20(21,22)23)28-10-8-27(2)9-11-28/h12H,3-11H2,1-2H3,(H,24,25,30)/b26-14-. The summed E-state index contributed by atoms with van der Waals surface area (Å²) in [5.74, 6) is 0.108. The first-order valence-electron chi connectivity index (χ1n) is 10.5. The van der Waals surface area contributed by atoms with E-state index in [4.69, 9.17) is 9.25 Å². The maximum atomic E-state index is 12.8. The van der Waals surface area contributed by atoms with E-state index in [1.807, 2.05) is 14.0 Å². The number of oxime groups is 1. The summed E-state index contributed by atoms with van der Waals surface area (Å²) in [5, 5.41) is 4.00. The van der Waals surface area contributed by atoms with Gasteiger partial charge >= 0.3 is 17.8 Å². The van der Waals surface area contributed by atoms with Crippen molar-refractivity contribution >= 4 is 16.9 Å². The molecule has 0 aliphatic carbocycles. The minimum atomic E-state index is -4.35. The van der Waals surface area contributed by atoms with Gasteiger partial charge in [0.15, 0.2) is 0 Å². The number of rotatable bonds is 7. The molecule has 2 aromatic heterocycles. The van der Waals surface area contributed by atoms with Gasteiger partial charge in [-0.1, -0.05) is 18.5 Å². The van der Waals surface area contributed by atoms with Gasteiger partial charge in [-0.25, -0.2) is 4.79 Å². The number of likely N-dealkylation sites (N-methyl/N-ethyl adjacent to an activating group) is 1. The first kappa shape index (κ1) is 23.8.